The molecule has 1 fully saturated rings. The molecule has 0 spiro atoms. The number of carbonyl (C=O) groups is 1. The summed E-state index contributed by atoms with van der Waals surface area (Å²) in [6.07, 6.45) is 5.72. The number of aromatic nitrogens is 2. The van der Waals surface area contributed by atoms with E-state index < -0.39 is 0 Å². The zero-order chi connectivity index (χ0) is 11.5. The molecule has 0 aliphatic heterocycles. The Morgan fingerprint density at radius 1 is 1.62 bits per heavy atom. The first-order valence-corrected chi connectivity index (χ1v) is 5.73. The van der Waals surface area contributed by atoms with Crippen molar-refractivity contribution in [1.82, 2.24) is 15.1 Å². The fourth-order valence-electron chi connectivity index (χ4n) is 1.48. The third kappa shape index (κ3) is 3.25. The molecule has 0 saturated heterocycles. The third-order valence-electron chi connectivity index (χ3n) is 2.36. The first-order chi connectivity index (χ1) is 7.63. The van der Waals surface area contributed by atoms with E-state index >= 15 is 0 Å². The Labute approximate surface area is 95.2 Å². The predicted octanol–water partition coefficient (Wildman–Crippen LogP) is 1.82. The number of nitrogens with zero attached hydrogens (tertiary/aromatic N) is 2. The van der Waals surface area contributed by atoms with Crippen LogP contribution in [0, 0.1) is 5.92 Å². The number of carbonyl (C=O) groups excluding carboxylic acids is 1. The second kappa shape index (κ2) is 4.55. The topological polar surface area (TPSA) is 59.0 Å². The average Bonchev–Trinajstić information content (AvgIpc) is 2.87. The number of amides is 2. The van der Waals surface area contributed by atoms with E-state index in [2.05, 4.69) is 29.6 Å². The number of urea groups is 1. The van der Waals surface area contributed by atoms with Crippen LogP contribution in [-0.4, -0.2) is 21.9 Å². The van der Waals surface area contributed by atoms with E-state index in [4.69, 9.17) is 0 Å². The minimum Gasteiger partial charge on any atom is -0.335 e. The third-order valence-corrected chi connectivity index (χ3v) is 2.36. The van der Waals surface area contributed by atoms with Gasteiger partial charge in [-0.25, -0.2) is 4.79 Å². The predicted molar refractivity (Wildman–Crippen MR) is 62.2 cm³/mol. The van der Waals surface area contributed by atoms with Crippen LogP contribution in [-0.2, 0) is 6.54 Å². The van der Waals surface area contributed by atoms with E-state index in [0.717, 1.165) is 25.1 Å². The van der Waals surface area contributed by atoms with Crippen molar-refractivity contribution in [1.29, 1.82) is 0 Å². The summed E-state index contributed by atoms with van der Waals surface area (Å²) in [6, 6.07) is 0.248. The first kappa shape index (κ1) is 11.0. The zero-order valence-electron chi connectivity index (χ0n) is 9.73. The number of hydrogen-bond donors (Lipinski definition) is 2. The highest BCUT2D eigenvalue weighted by Crippen LogP contribution is 2.18. The Morgan fingerprint density at radius 3 is 3.00 bits per heavy atom. The largest absolute Gasteiger partial charge is 0.335 e. The van der Waals surface area contributed by atoms with Crippen LogP contribution in [0.1, 0.15) is 26.7 Å². The maximum absolute atomic E-state index is 11.4. The van der Waals surface area contributed by atoms with Gasteiger partial charge in [0.25, 0.3) is 0 Å². The number of anilines is 1. The van der Waals surface area contributed by atoms with Crippen molar-refractivity contribution in [2.24, 2.45) is 5.92 Å². The Hall–Kier alpha value is -1.52. The Balaban J connectivity index is 1.83. The van der Waals surface area contributed by atoms with Gasteiger partial charge in [0.1, 0.15) is 0 Å². The maximum Gasteiger partial charge on any atom is 0.319 e. The first-order valence-electron chi connectivity index (χ1n) is 5.73. The summed E-state index contributed by atoms with van der Waals surface area (Å²) in [5.74, 6) is 0.549. The van der Waals surface area contributed by atoms with E-state index in [0.29, 0.717) is 12.0 Å². The minimum atomic E-state index is -0.133. The maximum atomic E-state index is 11.4. The van der Waals surface area contributed by atoms with Crippen molar-refractivity contribution in [3.05, 3.63) is 12.4 Å². The lowest BCUT2D eigenvalue weighted by Crippen LogP contribution is -2.30. The number of rotatable bonds is 4. The molecular formula is C11H18N4O. The molecule has 2 amide bonds. The van der Waals surface area contributed by atoms with Gasteiger partial charge in [0.05, 0.1) is 11.9 Å². The van der Waals surface area contributed by atoms with Crippen LogP contribution in [0.2, 0.25) is 0 Å². The molecule has 1 aliphatic carbocycles. The molecule has 2 N–H and O–H groups in total. The molecule has 1 heterocycles. The zero-order valence-corrected chi connectivity index (χ0v) is 9.73. The molecule has 88 valence electrons. The monoisotopic (exact) mass is 222 g/mol. The highest BCUT2D eigenvalue weighted by molar-refractivity contribution is 5.89. The van der Waals surface area contributed by atoms with Gasteiger partial charge < -0.3 is 10.6 Å². The van der Waals surface area contributed by atoms with Gasteiger partial charge >= 0.3 is 6.03 Å². The van der Waals surface area contributed by atoms with Crippen LogP contribution in [0.15, 0.2) is 12.4 Å². The van der Waals surface area contributed by atoms with Gasteiger partial charge in [-0.3, -0.25) is 4.68 Å². The quantitative estimate of drug-likeness (QED) is 0.816. The summed E-state index contributed by atoms with van der Waals surface area (Å²) in [7, 11) is 0. The van der Waals surface area contributed by atoms with E-state index in [1.54, 1.807) is 6.20 Å². The molecule has 1 aromatic rings. The summed E-state index contributed by atoms with van der Waals surface area (Å²) in [5, 5.41) is 9.82. The van der Waals surface area contributed by atoms with Gasteiger partial charge in [-0.05, 0) is 18.8 Å². The van der Waals surface area contributed by atoms with E-state index in [9.17, 15) is 4.79 Å². The minimum absolute atomic E-state index is 0.133. The summed E-state index contributed by atoms with van der Waals surface area (Å²) in [5.41, 5.74) is 0.749. The Bertz CT molecular complexity index is 368. The standard InChI is InChI=1S/C11H18N4O/c1-8(2)6-15-7-10(5-12-15)14-11(16)13-9-3-4-9/h5,7-9H,3-4,6H2,1-2H3,(H2,13,14,16). The van der Waals surface area contributed by atoms with E-state index in [-0.39, 0.29) is 6.03 Å². The summed E-state index contributed by atoms with van der Waals surface area (Å²) < 4.78 is 1.84. The smallest absolute Gasteiger partial charge is 0.319 e. The van der Waals surface area contributed by atoms with Crippen molar-refractivity contribution in [3.8, 4) is 0 Å². The van der Waals surface area contributed by atoms with Gasteiger partial charge in [0.2, 0.25) is 0 Å². The van der Waals surface area contributed by atoms with Crippen molar-refractivity contribution < 1.29 is 4.79 Å². The molecule has 2 rings (SSSR count). The molecule has 1 aromatic heterocycles. The van der Waals surface area contributed by atoms with Gasteiger partial charge in [0, 0.05) is 18.8 Å². The summed E-state index contributed by atoms with van der Waals surface area (Å²) >= 11 is 0. The Morgan fingerprint density at radius 2 is 2.38 bits per heavy atom. The fraction of sp³-hybridized carbons (Fsp3) is 0.636. The molecular weight excluding hydrogens is 204 g/mol. The van der Waals surface area contributed by atoms with Crippen LogP contribution in [0.25, 0.3) is 0 Å². The summed E-state index contributed by atoms with van der Waals surface area (Å²) in [4.78, 5) is 11.4. The van der Waals surface area contributed by atoms with Crippen LogP contribution in [0.5, 0.6) is 0 Å². The fourth-order valence-corrected chi connectivity index (χ4v) is 1.48. The number of hydrogen-bond acceptors (Lipinski definition) is 2. The lowest BCUT2D eigenvalue weighted by atomic mass is 10.2. The molecule has 0 radical (unpaired) electrons. The molecule has 0 unspecified atom stereocenters. The summed E-state index contributed by atoms with van der Waals surface area (Å²) in [6.45, 7) is 5.13. The van der Waals surface area contributed by atoms with Crippen molar-refractivity contribution in [2.45, 2.75) is 39.3 Å². The van der Waals surface area contributed by atoms with Crippen LogP contribution in [0.4, 0.5) is 10.5 Å². The molecule has 0 aromatic carbocycles. The van der Waals surface area contributed by atoms with Gasteiger partial charge in [-0.15, -0.1) is 0 Å². The molecule has 5 heteroatoms. The van der Waals surface area contributed by atoms with Crippen molar-refractivity contribution in [3.63, 3.8) is 0 Å². The lowest BCUT2D eigenvalue weighted by Gasteiger charge is -2.04. The van der Waals surface area contributed by atoms with Crippen LogP contribution < -0.4 is 10.6 Å². The van der Waals surface area contributed by atoms with Crippen LogP contribution >= 0.6 is 0 Å². The highest BCUT2D eigenvalue weighted by atomic mass is 16.2. The van der Waals surface area contributed by atoms with Gasteiger partial charge in [0.15, 0.2) is 0 Å². The van der Waals surface area contributed by atoms with E-state index in [1.165, 1.54) is 0 Å². The molecule has 0 bridgehead atoms. The van der Waals surface area contributed by atoms with Gasteiger partial charge in [-0.2, -0.15) is 5.10 Å². The van der Waals surface area contributed by atoms with E-state index in [1.807, 2.05) is 10.9 Å². The normalized spacial score (nSPS) is 15.2. The molecule has 5 nitrogen and oxygen atoms in total. The molecule has 0 atom stereocenters. The molecule has 1 saturated carbocycles. The average molecular weight is 222 g/mol. The lowest BCUT2D eigenvalue weighted by molar-refractivity contribution is 0.251. The number of nitrogens with one attached hydrogen (secondary N) is 2. The molecule has 1 aliphatic rings. The molecule has 16 heavy (non-hydrogen) atoms. The Kier molecular flexibility index (Phi) is 3.12. The second-order valence-electron chi connectivity index (χ2n) is 4.72. The van der Waals surface area contributed by atoms with Crippen LogP contribution in [0.3, 0.4) is 0 Å². The van der Waals surface area contributed by atoms with Crippen molar-refractivity contribution >= 4 is 11.7 Å². The highest BCUT2D eigenvalue weighted by Gasteiger charge is 2.23. The van der Waals surface area contributed by atoms with Gasteiger partial charge in [-0.1, -0.05) is 13.8 Å². The SMILES string of the molecule is CC(C)Cn1cc(NC(=O)NC2CC2)cn1. The van der Waals surface area contributed by atoms with Crippen molar-refractivity contribution in [2.75, 3.05) is 5.32 Å². The second-order valence-corrected chi connectivity index (χ2v) is 4.72.